The van der Waals surface area contributed by atoms with Crippen molar-refractivity contribution in [2.45, 2.75) is 13.8 Å². The van der Waals surface area contributed by atoms with Crippen LogP contribution in [0.25, 0.3) is 11.3 Å². The van der Waals surface area contributed by atoms with Gasteiger partial charge < -0.3 is 9.64 Å². The summed E-state index contributed by atoms with van der Waals surface area (Å²) in [6.07, 6.45) is 1.78. The zero-order valence-corrected chi connectivity index (χ0v) is 17.6. The summed E-state index contributed by atoms with van der Waals surface area (Å²) in [5, 5.41) is 1.46. The lowest BCUT2D eigenvalue weighted by atomic mass is 10.1. The summed E-state index contributed by atoms with van der Waals surface area (Å²) in [5.74, 6) is 0.530. The van der Waals surface area contributed by atoms with Gasteiger partial charge in [-0.3, -0.25) is 0 Å². The van der Waals surface area contributed by atoms with Gasteiger partial charge in [0.2, 0.25) is 5.06 Å². The monoisotopic (exact) mass is 419 g/mol. The van der Waals surface area contributed by atoms with Crippen molar-refractivity contribution in [2.24, 2.45) is 4.99 Å². The third-order valence-electron chi connectivity index (χ3n) is 4.00. The molecule has 1 aromatic heterocycles. The van der Waals surface area contributed by atoms with E-state index in [9.17, 15) is 0 Å². The molecule has 0 atom stereocenters. The molecule has 0 fully saturated rings. The van der Waals surface area contributed by atoms with Crippen molar-refractivity contribution < 1.29 is 4.74 Å². The zero-order chi connectivity index (χ0) is 19.4. The first kappa shape index (κ1) is 19.7. The van der Waals surface area contributed by atoms with Crippen LogP contribution in [0.3, 0.4) is 0 Å². The quantitative estimate of drug-likeness (QED) is 0.324. The van der Waals surface area contributed by atoms with Crippen LogP contribution in [0.1, 0.15) is 12.5 Å². The van der Waals surface area contributed by atoms with E-state index in [-0.39, 0.29) is 0 Å². The van der Waals surface area contributed by atoms with Crippen LogP contribution >= 0.6 is 34.7 Å². The first-order valence-corrected chi connectivity index (χ1v) is 9.95. The Hall–Kier alpha value is -2.08. The molecule has 1 heterocycles. The molecule has 27 heavy (non-hydrogen) atoms. The van der Waals surface area contributed by atoms with E-state index in [2.05, 4.69) is 16.3 Å². The predicted molar refractivity (Wildman–Crippen MR) is 115 cm³/mol. The van der Waals surface area contributed by atoms with Crippen molar-refractivity contribution in [3.63, 3.8) is 0 Å². The second kappa shape index (κ2) is 8.74. The molecular formula is C20H19Cl2N3OS. The van der Waals surface area contributed by atoms with Crippen molar-refractivity contribution in [3.8, 4) is 22.1 Å². The summed E-state index contributed by atoms with van der Waals surface area (Å²) in [6, 6.07) is 13.4. The molecule has 0 saturated heterocycles. The first-order chi connectivity index (χ1) is 13.0. The van der Waals surface area contributed by atoms with E-state index in [1.165, 1.54) is 11.5 Å². The van der Waals surface area contributed by atoms with Crippen LogP contribution in [-0.4, -0.2) is 29.2 Å². The highest BCUT2D eigenvalue weighted by molar-refractivity contribution is 7.08. The Kier molecular flexibility index (Phi) is 6.37. The molecule has 0 aliphatic heterocycles. The molecule has 7 heteroatoms. The van der Waals surface area contributed by atoms with E-state index >= 15 is 0 Å². The summed E-state index contributed by atoms with van der Waals surface area (Å²) in [7, 11) is 1.97. The fourth-order valence-corrected chi connectivity index (χ4v) is 3.52. The minimum absolute atomic E-state index is 0.470. The van der Waals surface area contributed by atoms with Gasteiger partial charge in [-0.05, 0) is 31.5 Å². The lowest BCUT2D eigenvalue weighted by Gasteiger charge is -2.11. The predicted octanol–water partition coefficient (Wildman–Crippen LogP) is 6.83. The number of rotatable bonds is 6. The highest BCUT2D eigenvalue weighted by atomic mass is 35.5. The van der Waals surface area contributed by atoms with Gasteiger partial charge in [-0.25, -0.2) is 4.99 Å². The van der Waals surface area contributed by atoms with E-state index < -0.39 is 0 Å². The standard InChI is InChI=1S/C20H19Cl2N3OS/c1-4-25(3)12-23-16-11-15(21)17(10-13(16)2)26-20-18(22)19(24-27-20)14-8-6-5-7-9-14/h5-12H,4H2,1-3H3/b23-12-. The minimum atomic E-state index is 0.470. The average Bonchev–Trinajstić information content (AvgIpc) is 3.04. The van der Waals surface area contributed by atoms with Crippen LogP contribution in [0.4, 0.5) is 5.69 Å². The topological polar surface area (TPSA) is 37.7 Å². The van der Waals surface area contributed by atoms with Gasteiger partial charge >= 0.3 is 0 Å². The summed E-state index contributed by atoms with van der Waals surface area (Å²) in [4.78, 5) is 6.46. The van der Waals surface area contributed by atoms with Crippen molar-refractivity contribution in [3.05, 3.63) is 58.1 Å². The van der Waals surface area contributed by atoms with Crippen LogP contribution in [0, 0.1) is 6.92 Å². The highest BCUT2D eigenvalue weighted by Crippen LogP contribution is 2.43. The Morgan fingerprint density at radius 3 is 2.67 bits per heavy atom. The number of ether oxygens (including phenoxy) is 1. The first-order valence-electron chi connectivity index (χ1n) is 8.42. The molecule has 0 unspecified atom stereocenters. The average molecular weight is 420 g/mol. The summed E-state index contributed by atoms with van der Waals surface area (Å²) >= 11 is 14.1. The number of aryl methyl sites for hydroxylation is 1. The van der Waals surface area contributed by atoms with E-state index in [1.807, 2.05) is 55.3 Å². The van der Waals surface area contributed by atoms with Gasteiger partial charge in [-0.2, -0.15) is 4.37 Å². The fraction of sp³-hybridized carbons (Fsp3) is 0.200. The molecule has 140 valence electrons. The molecule has 0 spiro atoms. The highest BCUT2D eigenvalue weighted by Gasteiger charge is 2.17. The van der Waals surface area contributed by atoms with Gasteiger partial charge in [0.25, 0.3) is 0 Å². The Morgan fingerprint density at radius 1 is 1.22 bits per heavy atom. The lowest BCUT2D eigenvalue weighted by Crippen LogP contribution is -2.14. The third kappa shape index (κ3) is 4.61. The molecule has 0 aliphatic carbocycles. The Balaban J connectivity index is 1.85. The number of hydrogen-bond donors (Lipinski definition) is 0. The lowest BCUT2D eigenvalue weighted by molar-refractivity contribution is 0.497. The third-order valence-corrected chi connectivity index (χ3v) is 5.49. The van der Waals surface area contributed by atoms with Crippen molar-refractivity contribution in [1.82, 2.24) is 9.27 Å². The molecular weight excluding hydrogens is 401 g/mol. The number of benzene rings is 2. The molecule has 0 bridgehead atoms. The van der Waals surface area contributed by atoms with E-state index in [0.29, 0.717) is 26.6 Å². The molecule has 0 radical (unpaired) electrons. The van der Waals surface area contributed by atoms with Gasteiger partial charge in [0.15, 0.2) is 0 Å². The number of nitrogens with zero attached hydrogens (tertiary/aromatic N) is 3. The maximum absolute atomic E-state index is 6.48. The van der Waals surface area contributed by atoms with Crippen LogP contribution in [-0.2, 0) is 0 Å². The molecule has 2 aromatic carbocycles. The Labute approximate surface area is 173 Å². The molecule has 3 rings (SSSR count). The molecule has 0 saturated carbocycles. The largest absolute Gasteiger partial charge is 0.442 e. The van der Waals surface area contributed by atoms with Crippen molar-refractivity contribution in [1.29, 1.82) is 0 Å². The molecule has 3 aromatic rings. The summed E-state index contributed by atoms with van der Waals surface area (Å²) in [5.41, 5.74) is 3.40. The van der Waals surface area contributed by atoms with Crippen LogP contribution in [0.15, 0.2) is 47.5 Å². The van der Waals surface area contributed by atoms with Crippen molar-refractivity contribution >= 4 is 46.8 Å². The van der Waals surface area contributed by atoms with Gasteiger partial charge in [-0.15, -0.1) is 0 Å². The summed E-state index contributed by atoms with van der Waals surface area (Å²) < 4.78 is 10.4. The summed E-state index contributed by atoms with van der Waals surface area (Å²) in [6.45, 7) is 4.90. The maximum Gasteiger partial charge on any atom is 0.219 e. The Bertz CT molecular complexity index is 957. The van der Waals surface area contributed by atoms with E-state index in [4.69, 9.17) is 27.9 Å². The maximum atomic E-state index is 6.48. The SMILES string of the molecule is CCN(C)/C=N\c1cc(Cl)c(Oc2snc(-c3ccccc3)c2Cl)cc1C. The van der Waals surface area contributed by atoms with Gasteiger partial charge in [0.05, 0.1) is 17.0 Å². The molecule has 0 aliphatic rings. The van der Waals surface area contributed by atoms with Gasteiger partial charge in [0.1, 0.15) is 16.5 Å². The van der Waals surface area contributed by atoms with Gasteiger partial charge in [0, 0.05) is 30.7 Å². The van der Waals surface area contributed by atoms with Crippen LogP contribution in [0.5, 0.6) is 10.8 Å². The molecule has 4 nitrogen and oxygen atoms in total. The normalized spacial score (nSPS) is 11.1. The van der Waals surface area contributed by atoms with E-state index in [0.717, 1.165) is 23.4 Å². The second-order valence-electron chi connectivity index (χ2n) is 5.99. The van der Waals surface area contributed by atoms with Gasteiger partial charge in [-0.1, -0.05) is 53.5 Å². The van der Waals surface area contributed by atoms with Crippen molar-refractivity contribution in [2.75, 3.05) is 13.6 Å². The fourth-order valence-electron chi connectivity index (χ4n) is 2.31. The van der Waals surface area contributed by atoms with Crippen LogP contribution in [0.2, 0.25) is 10.0 Å². The number of aromatic nitrogens is 1. The smallest absolute Gasteiger partial charge is 0.219 e. The molecule has 0 amide bonds. The Morgan fingerprint density at radius 2 is 1.96 bits per heavy atom. The zero-order valence-electron chi connectivity index (χ0n) is 15.2. The number of halogens is 2. The second-order valence-corrected chi connectivity index (χ2v) is 7.51. The van der Waals surface area contributed by atoms with Crippen LogP contribution < -0.4 is 4.74 Å². The number of hydrogen-bond acceptors (Lipinski definition) is 4. The van der Waals surface area contributed by atoms with E-state index in [1.54, 1.807) is 12.4 Å². The molecule has 0 N–H and O–H groups in total. The minimum Gasteiger partial charge on any atom is -0.442 e. The number of aliphatic imine (C=N–C) groups is 1.